The van der Waals surface area contributed by atoms with Crippen LogP contribution in [0.1, 0.15) is 42.8 Å². The average molecular weight is 271 g/mol. The fraction of sp³-hybridized carbons (Fsp3) is 0.471. The van der Waals surface area contributed by atoms with Crippen LogP contribution < -0.4 is 5.32 Å². The van der Waals surface area contributed by atoms with Gasteiger partial charge in [-0.05, 0) is 31.9 Å². The van der Waals surface area contributed by atoms with Gasteiger partial charge in [0.2, 0.25) is 0 Å². The summed E-state index contributed by atoms with van der Waals surface area (Å²) in [5.41, 5.74) is 2.69. The Bertz CT molecular complexity index is 513. The van der Waals surface area contributed by atoms with Gasteiger partial charge in [0.05, 0.1) is 0 Å². The van der Waals surface area contributed by atoms with Crippen molar-refractivity contribution in [3.8, 4) is 0 Å². The van der Waals surface area contributed by atoms with Crippen molar-refractivity contribution >= 4 is 0 Å². The van der Waals surface area contributed by atoms with Gasteiger partial charge in [-0.3, -0.25) is 0 Å². The molecule has 0 aliphatic heterocycles. The predicted molar refractivity (Wildman–Crippen MR) is 83.7 cm³/mol. The molecule has 0 radical (unpaired) electrons. The maximum atomic E-state index is 4.41. The molecule has 0 fully saturated rings. The molecule has 1 atom stereocenters. The summed E-state index contributed by atoms with van der Waals surface area (Å²) < 4.78 is 2.10. The number of rotatable bonds is 7. The van der Waals surface area contributed by atoms with E-state index in [1.807, 2.05) is 12.4 Å². The normalized spacial score (nSPS) is 12.6. The molecule has 1 N–H and O–H groups in total. The van der Waals surface area contributed by atoms with E-state index in [9.17, 15) is 0 Å². The van der Waals surface area contributed by atoms with E-state index >= 15 is 0 Å². The predicted octanol–water partition coefficient (Wildman–Crippen LogP) is 3.40. The summed E-state index contributed by atoms with van der Waals surface area (Å²) >= 11 is 0. The van der Waals surface area contributed by atoms with Crippen LogP contribution in [0.4, 0.5) is 0 Å². The third-order valence-corrected chi connectivity index (χ3v) is 3.70. The maximum Gasteiger partial charge on any atom is 0.108 e. The molecule has 2 rings (SSSR count). The second-order valence-corrected chi connectivity index (χ2v) is 5.41. The summed E-state index contributed by atoms with van der Waals surface area (Å²) in [5.74, 6) is 1.15. The van der Waals surface area contributed by atoms with E-state index in [1.54, 1.807) is 0 Å². The minimum Gasteiger partial charge on any atom is -0.338 e. The fourth-order valence-electron chi connectivity index (χ4n) is 2.41. The first-order valence-electron chi connectivity index (χ1n) is 7.47. The number of aryl methyl sites for hydroxylation is 3. The maximum absolute atomic E-state index is 4.41. The van der Waals surface area contributed by atoms with Crippen LogP contribution in [0.3, 0.4) is 0 Å². The van der Waals surface area contributed by atoms with E-state index in [-0.39, 0.29) is 0 Å². The standard InChI is InChI=1S/C17H25N3/c1-4-11-18-16(15-7-5-14(2)6-8-15)9-10-17-19-12-13-20(17)3/h5-8,12-13,16,18H,4,9-11H2,1-3H3. The highest BCUT2D eigenvalue weighted by molar-refractivity contribution is 5.24. The molecule has 1 aromatic carbocycles. The van der Waals surface area contributed by atoms with Gasteiger partial charge >= 0.3 is 0 Å². The van der Waals surface area contributed by atoms with Crippen molar-refractivity contribution < 1.29 is 0 Å². The molecule has 108 valence electrons. The van der Waals surface area contributed by atoms with Crippen LogP contribution in [0.2, 0.25) is 0 Å². The van der Waals surface area contributed by atoms with E-state index in [1.165, 1.54) is 11.1 Å². The Kier molecular flexibility index (Phi) is 5.36. The molecule has 0 aliphatic rings. The van der Waals surface area contributed by atoms with Crippen molar-refractivity contribution in [1.82, 2.24) is 14.9 Å². The molecule has 0 bridgehead atoms. The van der Waals surface area contributed by atoms with Gasteiger partial charge in [-0.2, -0.15) is 0 Å². The number of aromatic nitrogens is 2. The second-order valence-electron chi connectivity index (χ2n) is 5.41. The molecule has 1 unspecified atom stereocenters. The monoisotopic (exact) mass is 271 g/mol. The minimum absolute atomic E-state index is 0.409. The molecule has 1 aromatic heterocycles. The average Bonchev–Trinajstić information content (AvgIpc) is 2.86. The highest BCUT2D eigenvalue weighted by Crippen LogP contribution is 2.19. The Morgan fingerprint density at radius 1 is 1.25 bits per heavy atom. The Balaban J connectivity index is 2.03. The van der Waals surface area contributed by atoms with Crippen LogP contribution in [-0.4, -0.2) is 16.1 Å². The van der Waals surface area contributed by atoms with Crippen LogP contribution in [0.15, 0.2) is 36.7 Å². The fourth-order valence-corrected chi connectivity index (χ4v) is 2.41. The van der Waals surface area contributed by atoms with Gasteiger partial charge in [-0.15, -0.1) is 0 Å². The quantitative estimate of drug-likeness (QED) is 0.836. The van der Waals surface area contributed by atoms with E-state index in [0.717, 1.165) is 31.6 Å². The largest absolute Gasteiger partial charge is 0.338 e. The van der Waals surface area contributed by atoms with Crippen molar-refractivity contribution in [3.63, 3.8) is 0 Å². The zero-order valence-corrected chi connectivity index (χ0v) is 12.8. The van der Waals surface area contributed by atoms with Crippen LogP contribution in [0.25, 0.3) is 0 Å². The van der Waals surface area contributed by atoms with Gasteiger partial charge in [-0.1, -0.05) is 36.8 Å². The van der Waals surface area contributed by atoms with E-state index in [0.29, 0.717) is 6.04 Å². The highest BCUT2D eigenvalue weighted by atomic mass is 15.0. The molecule has 3 nitrogen and oxygen atoms in total. The van der Waals surface area contributed by atoms with Crippen LogP contribution in [0.5, 0.6) is 0 Å². The van der Waals surface area contributed by atoms with Crippen molar-refractivity contribution in [2.45, 2.75) is 39.2 Å². The van der Waals surface area contributed by atoms with Gasteiger partial charge in [0, 0.05) is 31.9 Å². The molecule has 20 heavy (non-hydrogen) atoms. The number of imidazole rings is 1. The van der Waals surface area contributed by atoms with Gasteiger partial charge in [0.1, 0.15) is 5.82 Å². The first kappa shape index (κ1) is 14.8. The third kappa shape index (κ3) is 3.94. The Morgan fingerprint density at radius 2 is 2.00 bits per heavy atom. The van der Waals surface area contributed by atoms with Gasteiger partial charge in [-0.25, -0.2) is 4.98 Å². The summed E-state index contributed by atoms with van der Waals surface area (Å²) in [5, 5.41) is 3.65. The number of hydrogen-bond donors (Lipinski definition) is 1. The highest BCUT2D eigenvalue weighted by Gasteiger charge is 2.12. The summed E-state index contributed by atoms with van der Waals surface area (Å²) in [6.45, 7) is 5.39. The van der Waals surface area contributed by atoms with Crippen LogP contribution in [-0.2, 0) is 13.5 Å². The number of nitrogens with zero attached hydrogens (tertiary/aromatic N) is 2. The van der Waals surface area contributed by atoms with Gasteiger partial charge in [0.25, 0.3) is 0 Å². The summed E-state index contributed by atoms with van der Waals surface area (Å²) in [6.07, 6.45) is 7.11. The Labute approximate surface area is 122 Å². The summed E-state index contributed by atoms with van der Waals surface area (Å²) in [7, 11) is 2.06. The lowest BCUT2D eigenvalue weighted by Gasteiger charge is -2.19. The third-order valence-electron chi connectivity index (χ3n) is 3.70. The smallest absolute Gasteiger partial charge is 0.108 e. The van der Waals surface area contributed by atoms with E-state index in [4.69, 9.17) is 0 Å². The summed E-state index contributed by atoms with van der Waals surface area (Å²) in [4.78, 5) is 4.41. The Morgan fingerprint density at radius 3 is 2.60 bits per heavy atom. The van der Waals surface area contributed by atoms with Crippen molar-refractivity contribution in [2.24, 2.45) is 7.05 Å². The number of hydrogen-bond acceptors (Lipinski definition) is 2. The Hall–Kier alpha value is -1.61. The molecule has 0 amide bonds. The minimum atomic E-state index is 0.409. The van der Waals surface area contributed by atoms with Gasteiger partial charge < -0.3 is 9.88 Å². The summed E-state index contributed by atoms with van der Waals surface area (Å²) in [6, 6.07) is 9.27. The first-order valence-corrected chi connectivity index (χ1v) is 7.47. The topological polar surface area (TPSA) is 29.9 Å². The molecule has 1 heterocycles. The first-order chi connectivity index (χ1) is 9.70. The second kappa shape index (κ2) is 7.25. The van der Waals surface area contributed by atoms with E-state index < -0.39 is 0 Å². The molecule has 2 aromatic rings. The lowest BCUT2D eigenvalue weighted by atomic mass is 10.0. The molecular weight excluding hydrogens is 246 g/mol. The van der Waals surface area contributed by atoms with E-state index in [2.05, 4.69) is 60.0 Å². The lowest BCUT2D eigenvalue weighted by molar-refractivity contribution is 0.491. The van der Waals surface area contributed by atoms with Crippen molar-refractivity contribution in [1.29, 1.82) is 0 Å². The molecule has 0 saturated carbocycles. The number of benzene rings is 1. The molecular formula is C17H25N3. The van der Waals surface area contributed by atoms with Crippen molar-refractivity contribution in [3.05, 3.63) is 53.6 Å². The van der Waals surface area contributed by atoms with Crippen LogP contribution >= 0.6 is 0 Å². The van der Waals surface area contributed by atoms with Crippen LogP contribution in [0, 0.1) is 6.92 Å². The molecule has 0 aliphatic carbocycles. The van der Waals surface area contributed by atoms with Crippen molar-refractivity contribution in [2.75, 3.05) is 6.54 Å². The molecule has 0 saturated heterocycles. The zero-order valence-electron chi connectivity index (χ0n) is 12.8. The zero-order chi connectivity index (χ0) is 14.4. The number of nitrogens with one attached hydrogen (secondary N) is 1. The lowest BCUT2D eigenvalue weighted by Crippen LogP contribution is -2.23. The van der Waals surface area contributed by atoms with Gasteiger partial charge in [0.15, 0.2) is 0 Å². The SMILES string of the molecule is CCCNC(CCc1nccn1C)c1ccc(C)cc1. The molecule has 3 heteroatoms. The molecule has 0 spiro atoms.